The van der Waals surface area contributed by atoms with E-state index in [1.54, 1.807) is 4.90 Å². The molecule has 148 valence electrons. The van der Waals surface area contributed by atoms with Gasteiger partial charge >= 0.3 is 0 Å². The Kier molecular flexibility index (Phi) is 5.01. The molecule has 0 aliphatic carbocycles. The first-order chi connectivity index (χ1) is 13.5. The Balaban J connectivity index is 1.40. The molecule has 1 N–H and O–H groups in total. The molecular weight excluding hydrogens is 382 g/mol. The lowest BCUT2D eigenvalue weighted by molar-refractivity contribution is -0.142. The minimum atomic E-state index is -0.591. The summed E-state index contributed by atoms with van der Waals surface area (Å²) in [6.07, 6.45) is 1.94. The lowest BCUT2D eigenvalue weighted by Crippen LogP contribution is -2.48. The van der Waals surface area contributed by atoms with Crippen LogP contribution in [0.2, 0.25) is 0 Å². The summed E-state index contributed by atoms with van der Waals surface area (Å²) in [5.41, 5.74) is 0.134. The van der Waals surface area contributed by atoms with Gasteiger partial charge in [0.05, 0.1) is 17.0 Å². The molecule has 3 aliphatic heterocycles. The van der Waals surface area contributed by atoms with Crippen molar-refractivity contribution in [2.24, 2.45) is 0 Å². The summed E-state index contributed by atoms with van der Waals surface area (Å²) in [4.78, 5) is 54.7. The minimum absolute atomic E-state index is 0.0125. The second-order valence-electron chi connectivity index (χ2n) is 7.12. The van der Waals surface area contributed by atoms with Crippen LogP contribution in [0.1, 0.15) is 40.0 Å². The minimum Gasteiger partial charge on any atom is -0.507 e. The number of thioether (sulfide) groups is 1. The lowest BCUT2D eigenvalue weighted by atomic mass is 10.1. The van der Waals surface area contributed by atoms with Crippen LogP contribution < -0.4 is 0 Å². The molecule has 0 bridgehead atoms. The number of carbonyl (C=O) groups is 4. The normalized spacial score (nSPS) is 21.6. The fourth-order valence-corrected chi connectivity index (χ4v) is 5.08. The fraction of sp³-hybridized carbons (Fsp3) is 0.474. The Morgan fingerprint density at radius 1 is 1.14 bits per heavy atom. The molecule has 1 aromatic rings. The summed E-state index contributed by atoms with van der Waals surface area (Å²) < 4.78 is 0. The molecule has 1 atom stereocenters. The topological polar surface area (TPSA) is 98.2 Å². The van der Waals surface area contributed by atoms with Gasteiger partial charge in [-0.25, -0.2) is 0 Å². The van der Waals surface area contributed by atoms with Gasteiger partial charge in [-0.3, -0.25) is 24.1 Å². The molecule has 2 saturated heterocycles. The molecule has 3 heterocycles. The number of imide groups is 1. The maximum atomic E-state index is 12.7. The van der Waals surface area contributed by atoms with Crippen LogP contribution in [0.4, 0.5) is 0 Å². The molecule has 1 aromatic carbocycles. The number of nitrogens with zero attached hydrogens (tertiary/aromatic N) is 3. The van der Waals surface area contributed by atoms with Gasteiger partial charge in [0.25, 0.3) is 11.8 Å². The molecule has 3 aliphatic rings. The number of amides is 4. The van der Waals surface area contributed by atoms with E-state index >= 15 is 0 Å². The molecule has 9 heteroatoms. The number of likely N-dealkylation sites (tertiary alicyclic amines) is 1. The summed E-state index contributed by atoms with van der Waals surface area (Å²) in [6, 6.07) is 3.87. The van der Waals surface area contributed by atoms with Gasteiger partial charge in [0.15, 0.2) is 0 Å². The molecule has 0 spiro atoms. The zero-order chi connectivity index (χ0) is 19.8. The number of carbonyl (C=O) groups excluding carboxylic acids is 4. The van der Waals surface area contributed by atoms with Crippen molar-refractivity contribution in [1.82, 2.24) is 14.7 Å². The summed E-state index contributed by atoms with van der Waals surface area (Å²) in [6.45, 7) is 1.40. The second kappa shape index (κ2) is 7.46. The quantitative estimate of drug-likeness (QED) is 0.750. The summed E-state index contributed by atoms with van der Waals surface area (Å²) in [7, 11) is 0. The highest BCUT2D eigenvalue weighted by atomic mass is 32.2. The number of benzene rings is 1. The predicted molar refractivity (Wildman–Crippen MR) is 102 cm³/mol. The van der Waals surface area contributed by atoms with E-state index in [-0.39, 0.29) is 41.7 Å². The Bertz CT molecular complexity index is 852. The van der Waals surface area contributed by atoms with E-state index in [0.29, 0.717) is 11.6 Å². The van der Waals surface area contributed by atoms with Gasteiger partial charge in [-0.2, -0.15) is 0 Å². The molecule has 0 radical (unpaired) electrons. The molecule has 28 heavy (non-hydrogen) atoms. The summed E-state index contributed by atoms with van der Waals surface area (Å²) in [5.74, 6) is -0.592. The lowest BCUT2D eigenvalue weighted by Gasteiger charge is -2.27. The van der Waals surface area contributed by atoms with E-state index in [1.165, 1.54) is 30.0 Å². The Labute approximate surface area is 166 Å². The number of aromatic hydroxyl groups is 1. The van der Waals surface area contributed by atoms with Crippen LogP contribution in [0.5, 0.6) is 5.75 Å². The van der Waals surface area contributed by atoms with Crippen LogP contribution in [-0.2, 0) is 9.59 Å². The Hall–Kier alpha value is -2.55. The van der Waals surface area contributed by atoms with Crippen molar-refractivity contribution < 1.29 is 24.3 Å². The number of hydrogen-bond acceptors (Lipinski definition) is 6. The third kappa shape index (κ3) is 3.13. The van der Waals surface area contributed by atoms with Gasteiger partial charge in [-0.05, 0) is 25.0 Å². The van der Waals surface area contributed by atoms with E-state index in [2.05, 4.69) is 0 Å². The van der Waals surface area contributed by atoms with Crippen molar-refractivity contribution >= 4 is 35.4 Å². The summed E-state index contributed by atoms with van der Waals surface area (Å²) in [5, 5.41) is 9.87. The zero-order valence-corrected chi connectivity index (χ0v) is 16.1. The smallest absolute Gasteiger partial charge is 0.265 e. The highest BCUT2D eigenvalue weighted by molar-refractivity contribution is 7.99. The molecule has 2 fully saturated rings. The Morgan fingerprint density at radius 3 is 2.61 bits per heavy atom. The maximum Gasteiger partial charge on any atom is 0.265 e. The van der Waals surface area contributed by atoms with Crippen molar-refractivity contribution in [2.75, 3.05) is 31.3 Å². The van der Waals surface area contributed by atoms with Gasteiger partial charge in [0.1, 0.15) is 11.8 Å². The number of fused-ring (bicyclic) bond motifs is 1. The van der Waals surface area contributed by atoms with Crippen molar-refractivity contribution in [3.8, 4) is 5.75 Å². The first kappa shape index (κ1) is 18.8. The average molecular weight is 403 g/mol. The van der Waals surface area contributed by atoms with Crippen LogP contribution in [0, 0.1) is 0 Å². The third-order valence-corrected chi connectivity index (χ3v) is 6.44. The monoisotopic (exact) mass is 403 g/mol. The third-order valence-electron chi connectivity index (χ3n) is 5.43. The SMILES string of the molecule is O=C([C@@H]1CSCN1C(=O)CCN1C(=O)c2cccc(O)c2C1=O)N1CCCC1. The van der Waals surface area contributed by atoms with Gasteiger partial charge in [-0.15, -0.1) is 11.8 Å². The van der Waals surface area contributed by atoms with Crippen LogP contribution in [0.25, 0.3) is 0 Å². The molecule has 4 rings (SSSR count). The van der Waals surface area contributed by atoms with Crippen LogP contribution in [0.3, 0.4) is 0 Å². The standard InChI is InChI=1S/C19H21N3O5S/c23-14-5-3-4-12-16(14)19(27)21(17(12)25)9-6-15(24)22-11-28-10-13(22)18(26)20-7-1-2-8-20/h3-5,13,23H,1-2,6-11H2/t13-/m0/s1. The number of rotatable bonds is 4. The fourth-order valence-electron chi connectivity index (χ4n) is 3.91. The average Bonchev–Trinajstić information content (AvgIpc) is 3.42. The summed E-state index contributed by atoms with van der Waals surface area (Å²) >= 11 is 1.53. The Morgan fingerprint density at radius 2 is 1.89 bits per heavy atom. The molecule has 8 nitrogen and oxygen atoms in total. The molecule has 0 aromatic heterocycles. The second-order valence-corrected chi connectivity index (χ2v) is 8.12. The first-order valence-corrected chi connectivity index (χ1v) is 10.5. The molecule has 0 unspecified atom stereocenters. The largest absolute Gasteiger partial charge is 0.507 e. The van der Waals surface area contributed by atoms with E-state index in [4.69, 9.17) is 0 Å². The van der Waals surface area contributed by atoms with Crippen LogP contribution in [0.15, 0.2) is 18.2 Å². The maximum absolute atomic E-state index is 12.7. The highest BCUT2D eigenvalue weighted by Crippen LogP contribution is 2.30. The van der Waals surface area contributed by atoms with E-state index in [9.17, 15) is 24.3 Å². The zero-order valence-electron chi connectivity index (χ0n) is 15.3. The van der Waals surface area contributed by atoms with Gasteiger partial charge in [0, 0.05) is 31.8 Å². The van der Waals surface area contributed by atoms with Crippen LogP contribution >= 0.6 is 11.8 Å². The molecule has 0 saturated carbocycles. The van der Waals surface area contributed by atoms with Gasteiger partial charge in [0.2, 0.25) is 11.8 Å². The number of phenolic OH excluding ortho intramolecular Hbond substituents is 1. The molecular formula is C19H21N3O5S. The molecule has 4 amide bonds. The number of hydrogen-bond donors (Lipinski definition) is 1. The van der Waals surface area contributed by atoms with E-state index in [1.807, 2.05) is 4.90 Å². The van der Waals surface area contributed by atoms with Crippen molar-refractivity contribution in [3.63, 3.8) is 0 Å². The predicted octanol–water partition coefficient (Wildman–Crippen LogP) is 0.902. The van der Waals surface area contributed by atoms with Crippen molar-refractivity contribution in [1.29, 1.82) is 0 Å². The van der Waals surface area contributed by atoms with Crippen molar-refractivity contribution in [2.45, 2.75) is 25.3 Å². The van der Waals surface area contributed by atoms with Crippen LogP contribution in [-0.4, -0.2) is 80.7 Å². The number of phenols is 1. The first-order valence-electron chi connectivity index (χ1n) is 9.33. The van der Waals surface area contributed by atoms with E-state index in [0.717, 1.165) is 30.8 Å². The highest BCUT2D eigenvalue weighted by Gasteiger charge is 2.40. The van der Waals surface area contributed by atoms with Gasteiger partial charge < -0.3 is 14.9 Å². The van der Waals surface area contributed by atoms with E-state index < -0.39 is 17.9 Å². The van der Waals surface area contributed by atoms with Crippen molar-refractivity contribution in [3.05, 3.63) is 29.3 Å². The van der Waals surface area contributed by atoms with Gasteiger partial charge in [-0.1, -0.05) is 6.07 Å².